The van der Waals surface area contributed by atoms with E-state index in [9.17, 15) is 14.0 Å². The standard InChI is InChI=1S/C30H33FN2O4S/c1-20-9-10-27(21(2)16-20)37-19-26-24-12-15-38-28(24)11-13-33(26)29(34)18-32(17-22-6-5-14-36-22)30(35)23-7-3-4-8-25(23)31/h3-4,7-10,12,15-16,22,26H,5-6,11,13-14,17-19H2,1-2H3/t22-,26-/m1/s1. The molecule has 200 valence electrons. The summed E-state index contributed by atoms with van der Waals surface area (Å²) in [5.41, 5.74) is 3.26. The van der Waals surface area contributed by atoms with Crippen molar-refractivity contribution in [1.29, 1.82) is 0 Å². The Bertz CT molecular complexity index is 1300. The van der Waals surface area contributed by atoms with E-state index in [0.717, 1.165) is 41.7 Å². The van der Waals surface area contributed by atoms with Crippen molar-refractivity contribution >= 4 is 23.2 Å². The van der Waals surface area contributed by atoms with Crippen LogP contribution in [0.2, 0.25) is 0 Å². The number of carbonyl (C=O) groups is 2. The first-order chi connectivity index (χ1) is 18.4. The summed E-state index contributed by atoms with van der Waals surface area (Å²) in [6.45, 7) is 5.64. The van der Waals surface area contributed by atoms with Gasteiger partial charge in [0.1, 0.15) is 24.7 Å². The van der Waals surface area contributed by atoms with Crippen molar-refractivity contribution in [1.82, 2.24) is 9.80 Å². The second kappa shape index (κ2) is 11.7. The fraction of sp³-hybridized carbons (Fsp3) is 0.400. The molecular weight excluding hydrogens is 503 g/mol. The van der Waals surface area contributed by atoms with E-state index in [1.54, 1.807) is 23.5 Å². The van der Waals surface area contributed by atoms with Crippen LogP contribution >= 0.6 is 11.3 Å². The van der Waals surface area contributed by atoms with E-state index >= 15 is 0 Å². The number of aryl methyl sites for hydroxylation is 2. The van der Waals surface area contributed by atoms with Gasteiger partial charge in [-0.15, -0.1) is 11.3 Å². The van der Waals surface area contributed by atoms with Gasteiger partial charge >= 0.3 is 0 Å². The van der Waals surface area contributed by atoms with Gasteiger partial charge in [0, 0.05) is 24.6 Å². The zero-order chi connectivity index (χ0) is 26.6. The molecule has 8 heteroatoms. The molecular formula is C30H33FN2O4S. The van der Waals surface area contributed by atoms with Crippen molar-refractivity contribution in [2.75, 3.05) is 32.8 Å². The lowest BCUT2D eigenvalue weighted by atomic mass is 10.00. The molecule has 38 heavy (non-hydrogen) atoms. The average Bonchev–Trinajstić information content (AvgIpc) is 3.60. The predicted molar refractivity (Wildman–Crippen MR) is 145 cm³/mol. The zero-order valence-corrected chi connectivity index (χ0v) is 22.6. The van der Waals surface area contributed by atoms with Crippen LogP contribution in [-0.2, 0) is 16.0 Å². The first kappa shape index (κ1) is 26.4. The lowest BCUT2D eigenvalue weighted by molar-refractivity contribution is -0.135. The zero-order valence-electron chi connectivity index (χ0n) is 21.8. The van der Waals surface area contributed by atoms with Crippen LogP contribution in [0.5, 0.6) is 5.75 Å². The average molecular weight is 537 g/mol. The second-order valence-electron chi connectivity index (χ2n) is 10.0. The van der Waals surface area contributed by atoms with E-state index < -0.39 is 11.7 Å². The fourth-order valence-electron chi connectivity index (χ4n) is 5.32. The lowest BCUT2D eigenvalue weighted by Gasteiger charge is -2.37. The maximum atomic E-state index is 14.5. The third kappa shape index (κ3) is 5.76. The molecule has 2 atom stereocenters. The van der Waals surface area contributed by atoms with Gasteiger partial charge in [0.25, 0.3) is 5.91 Å². The Kier molecular flexibility index (Phi) is 8.09. The molecule has 0 unspecified atom stereocenters. The molecule has 0 aliphatic carbocycles. The summed E-state index contributed by atoms with van der Waals surface area (Å²) in [4.78, 5) is 31.7. The number of nitrogens with zero attached hydrogens (tertiary/aromatic N) is 2. The van der Waals surface area contributed by atoms with Crippen molar-refractivity contribution in [2.24, 2.45) is 0 Å². The Hall–Kier alpha value is -3.23. The summed E-state index contributed by atoms with van der Waals surface area (Å²) in [5, 5.41) is 2.05. The molecule has 2 amide bonds. The van der Waals surface area contributed by atoms with Crippen molar-refractivity contribution in [3.8, 4) is 5.75 Å². The highest BCUT2D eigenvalue weighted by Crippen LogP contribution is 2.34. The molecule has 0 saturated carbocycles. The highest BCUT2D eigenvalue weighted by Gasteiger charge is 2.35. The fourth-order valence-corrected chi connectivity index (χ4v) is 6.25. The van der Waals surface area contributed by atoms with E-state index in [0.29, 0.717) is 19.8 Å². The lowest BCUT2D eigenvalue weighted by Crippen LogP contribution is -2.49. The highest BCUT2D eigenvalue weighted by molar-refractivity contribution is 7.10. The van der Waals surface area contributed by atoms with Crippen molar-refractivity contribution < 1.29 is 23.5 Å². The number of rotatable bonds is 8. The number of fused-ring (bicyclic) bond motifs is 1. The molecule has 3 aromatic rings. The summed E-state index contributed by atoms with van der Waals surface area (Å²) in [5.74, 6) is -0.481. The Morgan fingerprint density at radius 2 is 2.03 bits per heavy atom. The van der Waals surface area contributed by atoms with Crippen LogP contribution in [0.1, 0.15) is 50.8 Å². The molecule has 2 aromatic carbocycles. The summed E-state index contributed by atoms with van der Waals surface area (Å²) in [6, 6.07) is 13.7. The SMILES string of the molecule is Cc1ccc(OC[C@@H]2c3ccsc3CCN2C(=O)CN(C[C@H]2CCCO2)C(=O)c2ccccc2F)c(C)c1. The van der Waals surface area contributed by atoms with Gasteiger partial charge in [-0.3, -0.25) is 9.59 Å². The number of hydrogen-bond acceptors (Lipinski definition) is 5. The van der Waals surface area contributed by atoms with Crippen LogP contribution in [0.4, 0.5) is 4.39 Å². The number of halogens is 1. The number of benzene rings is 2. The monoisotopic (exact) mass is 536 g/mol. The van der Waals surface area contributed by atoms with Crippen molar-refractivity contribution in [3.05, 3.63) is 86.9 Å². The number of thiophene rings is 1. The largest absolute Gasteiger partial charge is 0.491 e. The maximum absolute atomic E-state index is 14.5. The quantitative estimate of drug-likeness (QED) is 0.391. The molecule has 0 spiro atoms. The Labute approximate surface area is 227 Å². The maximum Gasteiger partial charge on any atom is 0.257 e. The van der Waals surface area contributed by atoms with Crippen LogP contribution < -0.4 is 4.74 Å². The van der Waals surface area contributed by atoms with Crippen LogP contribution in [0.15, 0.2) is 53.9 Å². The topological polar surface area (TPSA) is 59.1 Å². The number of amides is 2. The van der Waals surface area contributed by atoms with E-state index in [1.165, 1.54) is 21.9 Å². The molecule has 0 N–H and O–H groups in total. The summed E-state index contributed by atoms with van der Waals surface area (Å²) in [6.07, 6.45) is 2.31. The van der Waals surface area contributed by atoms with Gasteiger partial charge in [-0.05, 0) is 73.9 Å². The molecule has 5 rings (SSSR count). The molecule has 2 aliphatic rings. The molecule has 0 radical (unpaired) electrons. The summed E-state index contributed by atoms with van der Waals surface area (Å²) in [7, 11) is 0. The molecule has 0 bridgehead atoms. The van der Waals surface area contributed by atoms with E-state index in [2.05, 4.69) is 12.1 Å². The highest BCUT2D eigenvalue weighted by atomic mass is 32.1. The van der Waals surface area contributed by atoms with Gasteiger partial charge in [0.05, 0.1) is 17.7 Å². The second-order valence-corrected chi connectivity index (χ2v) is 11.0. The van der Waals surface area contributed by atoms with Gasteiger partial charge in [-0.25, -0.2) is 4.39 Å². The van der Waals surface area contributed by atoms with Crippen molar-refractivity contribution in [2.45, 2.75) is 45.3 Å². The van der Waals surface area contributed by atoms with Gasteiger partial charge in [0.15, 0.2) is 0 Å². The summed E-state index contributed by atoms with van der Waals surface area (Å²) >= 11 is 1.69. The summed E-state index contributed by atoms with van der Waals surface area (Å²) < 4.78 is 26.5. The predicted octanol–water partition coefficient (Wildman–Crippen LogP) is 5.33. The minimum Gasteiger partial charge on any atom is -0.491 e. The minimum absolute atomic E-state index is 0.0354. The van der Waals surface area contributed by atoms with Crippen LogP contribution in [0.3, 0.4) is 0 Å². The normalized spacial score (nSPS) is 18.8. The third-order valence-electron chi connectivity index (χ3n) is 7.31. The molecule has 1 aromatic heterocycles. The molecule has 6 nitrogen and oxygen atoms in total. The van der Waals surface area contributed by atoms with Crippen LogP contribution in [0.25, 0.3) is 0 Å². The van der Waals surface area contributed by atoms with Gasteiger partial charge in [-0.2, -0.15) is 0 Å². The van der Waals surface area contributed by atoms with E-state index in [4.69, 9.17) is 9.47 Å². The minimum atomic E-state index is -0.595. The van der Waals surface area contributed by atoms with Crippen LogP contribution in [0, 0.1) is 19.7 Å². The smallest absolute Gasteiger partial charge is 0.257 e. The van der Waals surface area contributed by atoms with Crippen LogP contribution in [-0.4, -0.2) is 60.6 Å². The molecule has 3 heterocycles. The Morgan fingerprint density at radius 1 is 1.18 bits per heavy atom. The van der Waals surface area contributed by atoms with Gasteiger partial charge in [0.2, 0.25) is 5.91 Å². The van der Waals surface area contributed by atoms with E-state index in [1.807, 2.05) is 36.3 Å². The first-order valence-corrected chi connectivity index (χ1v) is 14.0. The van der Waals surface area contributed by atoms with Crippen molar-refractivity contribution in [3.63, 3.8) is 0 Å². The third-order valence-corrected chi connectivity index (χ3v) is 8.30. The Balaban J connectivity index is 1.37. The molecule has 2 aliphatic heterocycles. The number of hydrogen-bond donors (Lipinski definition) is 0. The Morgan fingerprint density at radius 3 is 2.79 bits per heavy atom. The number of ether oxygens (including phenoxy) is 2. The number of carbonyl (C=O) groups excluding carboxylic acids is 2. The first-order valence-electron chi connectivity index (χ1n) is 13.1. The van der Waals surface area contributed by atoms with E-state index in [-0.39, 0.29) is 36.7 Å². The molecule has 1 fully saturated rings. The molecule has 1 saturated heterocycles. The van der Waals surface area contributed by atoms with Gasteiger partial charge < -0.3 is 19.3 Å². The van der Waals surface area contributed by atoms with Gasteiger partial charge in [-0.1, -0.05) is 29.8 Å².